The molecule has 1 saturated heterocycles. The van der Waals surface area contributed by atoms with E-state index in [0.717, 1.165) is 39.3 Å². The molecule has 1 aliphatic carbocycles. The number of rotatable bonds is 0. The Kier molecular flexibility index (Phi) is 2.18. The van der Waals surface area contributed by atoms with Crippen LogP contribution in [0.1, 0.15) is 11.3 Å². The standard InChI is InChI=1S/C8H8FN2S2.Al.2H/c9-6-3-5-4-10-11-7(5)8(6)12-1-2-13-8;;;/h4,6H,1-3H2;;;/q-1;+1;;. The number of hydrogen-bond acceptors (Lipinski definition) is 3. The van der Waals surface area contributed by atoms with Gasteiger partial charge >= 0.3 is 16.5 Å². The van der Waals surface area contributed by atoms with E-state index >= 15 is 0 Å². The molecule has 1 aromatic rings. The van der Waals surface area contributed by atoms with Gasteiger partial charge in [0, 0.05) is 17.9 Å². The average molecular weight is 244 g/mol. The lowest BCUT2D eigenvalue weighted by atomic mass is 10.3. The van der Waals surface area contributed by atoms with Crippen LogP contribution in [0.3, 0.4) is 0 Å². The van der Waals surface area contributed by atoms with Crippen molar-refractivity contribution in [1.82, 2.24) is 8.76 Å². The van der Waals surface area contributed by atoms with E-state index in [-0.39, 0.29) is 4.08 Å². The zero-order valence-corrected chi connectivity index (χ0v) is 11.5. The summed E-state index contributed by atoms with van der Waals surface area (Å²) in [6, 6.07) is 0. The van der Waals surface area contributed by atoms with Crippen molar-refractivity contribution < 1.29 is 4.39 Å². The lowest BCUT2D eigenvalue weighted by molar-refractivity contribution is 0.326. The van der Waals surface area contributed by atoms with Gasteiger partial charge in [-0.15, -0.1) is 23.5 Å². The molecule has 2 nitrogen and oxygen atoms in total. The number of hydrogen-bond donors (Lipinski definition) is 0. The van der Waals surface area contributed by atoms with Crippen molar-refractivity contribution >= 4 is 40.0 Å². The number of alkyl halides is 1. The summed E-state index contributed by atoms with van der Waals surface area (Å²) in [5.41, 5.74) is 2.15. The second-order valence-corrected chi connectivity index (χ2v) is 7.57. The fraction of sp³-hybridized carbons (Fsp3) is 0.625. The molecule has 1 aliphatic heterocycles. The number of fused-ring (bicyclic) bond motifs is 2. The van der Waals surface area contributed by atoms with Crippen molar-refractivity contribution in [2.24, 2.45) is 0 Å². The van der Waals surface area contributed by atoms with Gasteiger partial charge in [-0.05, 0) is 11.8 Å². The molecule has 0 radical (unpaired) electrons. The molecule has 6 heteroatoms. The topological polar surface area (TPSA) is 17.8 Å². The van der Waals surface area contributed by atoms with Crippen molar-refractivity contribution in [2.45, 2.75) is 16.7 Å². The smallest absolute Gasteiger partial charge is 0.374 e. The summed E-state index contributed by atoms with van der Waals surface area (Å²) in [4.78, 5) is 0. The monoisotopic (exact) mass is 244 g/mol. The maximum absolute atomic E-state index is 14.0. The minimum Gasteiger partial charge on any atom is -0.374 e. The fourth-order valence-electron chi connectivity index (χ4n) is 2.20. The molecule has 2 heterocycles. The lowest BCUT2D eigenvalue weighted by Crippen LogP contribution is -2.24. The van der Waals surface area contributed by atoms with Gasteiger partial charge in [0.2, 0.25) is 0 Å². The molecule has 2 aliphatic rings. The number of thioether (sulfide) groups is 2. The van der Waals surface area contributed by atoms with Crippen molar-refractivity contribution in [3.63, 3.8) is 0 Å². The Morgan fingerprint density at radius 2 is 2.29 bits per heavy atom. The lowest BCUT2D eigenvalue weighted by Gasteiger charge is -2.23. The van der Waals surface area contributed by atoms with Crippen LogP contribution in [0.25, 0.3) is 0 Å². The van der Waals surface area contributed by atoms with Gasteiger partial charge in [0.05, 0.1) is 5.69 Å². The van der Waals surface area contributed by atoms with E-state index in [2.05, 4.69) is 5.10 Å². The molecule has 1 fully saturated rings. The molecular formula is C8H10AlFN2S2. The molecule has 0 N–H and O–H groups in total. The zero-order valence-electron chi connectivity index (χ0n) is 7.86. The summed E-state index contributed by atoms with van der Waals surface area (Å²) >= 11 is 4.38. The van der Waals surface area contributed by atoms with Gasteiger partial charge in [0.15, 0.2) is 0 Å². The molecule has 14 heavy (non-hydrogen) atoms. The second-order valence-electron chi connectivity index (χ2n) is 3.71. The molecule has 1 aromatic heterocycles. The predicted molar refractivity (Wildman–Crippen MR) is 61.4 cm³/mol. The SMILES string of the molecule is FC1Cc2c[n]([AlH2])nc2C12SCCS2. The first kappa shape index (κ1) is 9.59. The van der Waals surface area contributed by atoms with Crippen molar-refractivity contribution in [1.29, 1.82) is 0 Å². The first-order valence-electron chi connectivity index (χ1n) is 4.67. The van der Waals surface area contributed by atoms with Gasteiger partial charge in [0.25, 0.3) is 0 Å². The Hall–Kier alpha value is 0.372. The van der Waals surface area contributed by atoms with E-state index in [1.54, 1.807) is 23.5 Å². The Morgan fingerprint density at radius 1 is 1.57 bits per heavy atom. The first-order valence-corrected chi connectivity index (χ1v) is 7.54. The van der Waals surface area contributed by atoms with Crippen LogP contribution in [0.5, 0.6) is 0 Å². The summed E-state index contributed by atoms with van der Waals surface area (Å²) in [6.45, 7) is 0. The van der Waals surface area contributed by atoms with E-state index in [0.29, 0.717) is 6.42 Å². The average Bonchev–Trinajstić information content (AvgIpc) is 2.76. The third kappa shape index (κ3) is 1.15. The Morgan fingerprint density at radius 3 is 3.00 bits per heavy atom. The maximum Gasteiger partial charge on any atom is 0.397 e. The quantitative estimate of drug-likeness (QED) is 0.629. The third-order valence-corrected chi connectivity index (χ3v) is 6.76. The summed E-state index contributed by atoms with van der Waals surface area (Å²) in [7, 11) is 0. The summed E-state index contributed by atoms with van der Waals surface area (Å²) in [6.07, 6.45) is 1.85. The van der Waals surface area contributed by atoms with Crippen molar-refractivity contribution in [3.05, 3.63) is 17.5 Å². The van der Waals surface area contributed by atoms with E-state index in [1.165, 1.54) is 0 Å². The molecule has 0 aromatic carbocycles. The fourth-order valence-corrected chi connectivity index (χ4v) is 5.97. The summed E-state index contributed by atoms with van der Waals surface area (Å²) in [5, 5.41) is 4.47. The molecule has 0 bridgehead atoms. The highest BCUT2D eigenvalue weighted by Crippen LogP contribution is 2.59. The van der Waals surface area contributed by atoms with Gasteiger partial charge in [-0.1, -0.05) is 0 Å². The molecule has 1 spiro atoms. The Balaban J connectivity index is 2.12. The van der Waals surface area contributed by atoms with Crippen LogP contribution >= 0.6 is 23.5 Å². The van der Waals surface area contributed by atoms with Crippen molar-refractivity contribution in [2.75, 3.05) is 11.5 Å². The first-order chi connectivity index (χ1) is 6.72. The molecule has 0 saturated carbocycles. The third-order valence-electron chi connectivity index (χ3n) is 2.76. The van der Waals surface area contributed by atoms with Gasteiger partial charge in [-0.3, -0.25) is 0 Å². The van der Waals surface area contributed by atoms with Crippen LogP contribution in [0.2, 0.25) is 0 Å². The molecule has 1 atom stereocenters. The second kappa shape index (κ2) is 3.18. The van der Waals surface area contributed by atoms with Crippen LogP contribution in [0, 0.1) is 0 Å². The molecular weight excluding hydrogens is 234 g/mol. The van der Waals surface area contributed by atoms with Crippen LogP contribution in [0.15, 0.2) is 6.20 Å². The van der Waals surface area contributed by atoms with Gasteiger partial charge in [-0.25, -0.2) is 9.49 Å². The Labute approximate surface area is 98.6 Å². The number of aromatic nitrogens is 2. The van der Waals surface area contributed by atoms with Crippen LogP contribution in [0.4, 0.5) is 4.39 Å². The van der Waals surface area contributed by atoms with Crippen molar-refractivity contribution in [3.8, 4) is 0 Å². The van der Waals surface area contributed by atoms with E-state index in [9.17, 15) is 4.39 Å². The molecule has 3 rings (SSSR count). The molecule has 74 valence electrons. The van der Waals surface area contributed by atoms with Crippen LogP contribution < -0.4 is 0 Å². The van der Waals surface area contributed by atoms with E-state index in [1.807, 2.05) is 9.86 Å². The molecule has 0 amide bonds. The van der Waals surface area contributed by atoms with Crippen LogP contribution in [-0.4, -0.2) is 43.0 Å². The largest absolute Gasteiger partial charge is 0.397 e. The number of halogens is 1. The zero-order chi connectivity index (χ0) is 9.76. The van der Waals surface area contributed by atoms with E-state index in [4.69, 9.17) is 0 Å². The summed E-state index contributed by atoms with van der Waals surface area (Å²) in [5.74, 6) is 2.11. The molecule has 1 unspecified atom stereocenters. The minimum atomic E-state index is -0.736. The van der Waals surface area contributed by atoms with E-state index < -0.39 is 6.17 Å². The van der Waals surface area contributed by atoms with Gasteiger partial charge in [0.1, 0.15) is 10.3 Å². The maximum atomic E-state index is 14.0. The number of nitrogens with zero attached hydrogens (tertiary/aromatic N) is 2. The van der Waals surface area contributed by atoms with Crippen LogP contribution in [-0.2, 0) is 10.5 Å². The van der Waals surface area contributed by atoms with Gasteiger partial charge < -0.3 is 3.67 Å². The highest BCUT2D eigenvalue weighted by molar-refractivity contribution is 8.20. The Bertz CT molecular complexity index is 375. The summed E-state index contributed by atoms with van der Waals surface area (Å²) < 4.78 is 15.6. The normalized spacial score (nSPS) is 28.5. The predicted octanol–water partition coefficient (Wildman–Crippen LogP) is 0.806. The van der Waals surface area contributed by atoms with Gasteiger partial charge in [-0.2, -0.15) is 0 Å². The highest BCUT2D eigenvalue weighted by atomic mass is 32.2. The minimum absolute atomic E-state index is 0.342. The highest BCUT2D eigenvalue weighted by Gasteiger charge is 2.53.